The minimum Gasteiger partial charge on any atom is -0.421 e. The third-order valence-corrected chi connectivity index (χ3v) is 4.79. The quantitative estimate of drug-likeness (QED) is 0.389. The Morgan fingerprint density at radius 3 is 1.17 bits per heavy atom. The molecule has 29 heavy (non-hydrogen) atoms. The summed E-state index contributed by atoms with van der Waals surface area (Å²) in [6, 6.07) is 20.8. The van der Waals surface area contributed by atoms with Crippen LogP contribution in [0, 0.1) is 27.7 Å². The molecule has 144 valence electrons. The first-order valence-electron chi connectivity index (χ1n) is 9.73. The Morgan fingerprint density at radius 2 is 0.862 bits per heavy atom. The van der Waals surface area contributed by atoms with E-state index in [1.165, 1.54) is 22.3 Å². The lowest BCUT2D eigenvalue weighted by molar-refractivity contribution is 0.445. The van der Waals surface area contributed by atoms with Crippen molar-refractivity contribution < 1.29 is 4.74 Å². The maximum absolute atomic E-state index is 5.83. The van der Waals surface area contributed by atoms with Crippen LogP contribution in [-0.2, 0) is 0 Å². The maximum Gasteiger partial charge on any atom is 0.221 e. The summed E-state index contributed by atoms with van der Waals surface area (Å²) in [6.07, 6.45) is 3.68. The zero-order valence-electron chi connectivity index (χ0n) is 17.2. The van der Waals surface area contributed by atoms with Crippen molar-refractivity contribution in [2.24, 2.45) is 0 Å². The van der Waals surface area contributed by atoms with Gasteiger partial charge in [0.2, 0.25) is 11.8 Å². The molecule has 4 rings (SSSR count). The molecule has 2 aromatic carbocycles. The van der Waals surface area contributed by atoms with Crippen LogP contribution in [0.4, 0.5) is 0 Å². The van der Waals surface area contributed by atoms with E-state index < -0.39 is 0 Å². The first-order chi connectivity index (χ1) is 14.0. The Bertz CT molecular complexity index is 1010. The molecule has 0 aliphatic rings. The second-order valence-corrected chi connectivity index (χ2v) is 7.63. The predicted molar refractivity (Wildman–Crippen MR) is 118 cm³/mol. The van der Waals surface area contributed by atoms with E-state index in [0.29, 0.717) is 11.8 Å². The highest BCUT2D eigenvalue weighted by Gasteiger charge is 2.05. The van der Waals surface area contributed by atoms with Crippen molar-refractivity contribution in [3.05, 3.63) is 95.3 Å². The van der Waals surface area contributed by atoms with Crippen LogP contribution in [0.2, 0.25) is 0 Å². The summed E-state index contributed by atoms with van der Waals surface area (Å²) < 4.78 is 5.83. The molecule has 0 bridgehead atoms. The summed E-state index contributed by atoms with van der Waals surface area (Å²) in [5, 5.41) is 0. The molecule has 3 nitrogen and oxygen atoms in total. The molecule has 0 saturated heterocycles. The zero-order chi connectivity index (χ0) is 20.4. The van der Waals surface area contributed by atoms with Gasteiger partial charge < -0.3 is 4.74 Å². The molecule has 0 fully saturated rings. The van der Waals surface area contributed by atoms with Crippen molar-refractivity contribution >= 4 is 0 Å². The van der Waals surface area contributed by atoms with Gasteiger partial charge in [-0.2, -0.15) is 0 Å². The Morgan fingerprint density at radius 1 is 0.483 bits per heavy atom. The lowest BCUT2D eigenvalue weighted by Crippen LogP contribution is -1.92. The van der Waals surface area contributed by atoms with Gasteiger partial charge in [0, 0.05) is 35.7 Å². The van der Waals surface area contributed by atoms with Gasteiger partial charge in [-0.1, -0.05) is 58.7 Å². The van der Waals surface area contributed by atoms with Crippen molar-refractivity contribution in [2.75, 3.05) is 0 Å². The molecule has 3 heteroatoms. The van der Waals surface area contributed by atoms with Crippen molar-refractivity contribution in [3.8, 4) is 34.0 Å². The maximum atomic E-state index is 5.83. The number of hydrogen-bond acceptors (Lipinski definition) is 3. The lowest BCUT2D eigenvalue weighted by atomic mass is 10.0. The van der Waals surface area contributed by atoms with Crippen LogP contribution < -0.4 is 4.74 Å². The van der Waals surface area contributed by atoms with Crippen molar-refractivity contribution in [1.29, 1.82) is 0 Å². The van der Waals surface area contributed by atoms with E-state index in [1.807, 2.05) is 36.7 Å². The topological polar surface area (TPSA) is 35.0 Å². The van der Waals surface area contributed by atoms with Gasteiger partial charge in [-0.15, -0.1) is 0 Å². The number of rotatable bonds is 4. The Kier molecular flexibility index (Phi) is 5.13. The molecule has 0 unspecified atom stereocenters. The number of aromatic nitrogens is 2. The third-order valence-electron chi connectivity index (χ3n) is 4.79. The van der Waals surface area contributed by atoms with E-state index >= 15 is 0 Å². The van der Waals surface area contributed by atoms with Crippen LogP contribution in [0.25, 0.3) is 22.3 Å². The highest BCUT2D eigenvalue weighted by atomic mass is 16.5. The van der Waals surface area contributed by atoms with Crippen molar-refractivity contribution in [2.45, 2.75) is 27.7 Å². The molecule has 0 atom stereocenters. The summed E-state index contributed by atoms with van der Waals surface area (Å²) in [5.74, 6) is 1.06. The highest BCUT2D eigenvalue weighted by molar-refractivity contribution is 5.65. The number of benzene rings is 2. The summed E-state index contributed by atoms with van der Waals surface area (Å²) in [5.41, 5.74) is 9.45. The fraction of sp³-hybridized carbons (Fsp3) is 0.154. The predicted octanol–water partition coefficient (Wildman–Crippen LogP) is 6.84. The highest BCUT2D eigenvalue weighted by Crippen LogP contribution is 2.26. The van der Waals surface area contributed by atoms with E-state index in [9.17, 15) is 0 Å². The van der Waals surface area contributed by atoms with Gasteiger partial charge in [-0.05, 0) is 51.0 Å². The van der Waals surface area contributed by atoms with Crippen LogP contribution in [0.1, 0.15) is 22.3 Å². The van der Waals surface area contributed by atoms with E-state index in [1.54, 1.807) is 0 Å². The minimum atomic E-state index is 0.532. The zero-order valence-corrected chi connectivity index (χ0v) is 17.2. The van der Waals surface area contributed by atoms with Gasteiger partial charge >= 0.3 is 0 Å². The Labute approximate surface area is 172 Å². The summed E-state index contributed by atoms with van der Waals surface area (Å²) in [6.45, 7) is 8.42. The average Bonchev–Trinajstić information content (AvgIpc) is 2.68. The second-order valence-electron chi connectivity index (χ2n) is 7.63. The molecule has 4 aromatic rings. The fourth-order valence-corrected chi connectivity index (χ4v) is 3.61. The number of ether oxygens (including phenoxy) is 1. The van der Waals surface area contributed by atoms with Gasteiger partial charge in [0.15, 0.2) is 0 Å². The molecule has 0 radical (unpaired) electrons. The largest absolute Gasteiger partial charge is 0.421 e. The van der Waals surface area contributed by atoms with Crippen molar-refractivity contribution in [1.82, 2.24) is 9.97 Å². The van der Waals surface area contributed by atoms with Crippen LogP contribution >= 0.6 is 0 Å². The summed E-state index contributed by atoms with van der Waals surface area (Å²) in [4.78, 5) is 8.90. The fourth-order valence-electron chi connectivity index (χ4n) is 3.61. The van der Waals surface area contributed by atoms with Gasteiger partial charge in [-0.25, -0.2) is 9.97 Å². The molecule has 0 saturated carbocycles. The first kappa shape index (κ1) is 18.9. The molecule has 0 spiro atoms. The third kappa shape index (κ3) is 4.52. The van der Waals surface area contributed by atoms with Gasteiger partial charge in [0.1, 0.15) is 0 Å². The average molecular weight is 380 g/mol. The van der Waals surface area contributed by atoms with E-state index in [0.717, 1.165) is 22.3 Å². The molecular formula is C26H24N2O. The Balaban J connectivity index is 1.50. The molecule has 2 heterocycles. The summed E-state index contributed by atoms with van der Waals surface area (Å²) in [7, 11) is 0. The van der Waals surface area contributed by atoms with E-state index in [2.05, 4.69) is 74.1 Å². The van der Waals surface area contributed by atoms with Crippen LogP contribution in [0.5, 0.6) is 11.8 Å². The molecule has 0 aliphatic heterocycles. The van der Waals surface area contributed by atoms with Crippen molar-refractivity contribution in [3.63, 3.8) is 0 Å². The number of aryl methyl sites for hydroxylation is 4. The molecule has 0 amide bonds. The molecule has 2 aromatic heterocycles. The molecular weight excluding hydrogens is 356 g/mol. The van der Waals surface area contributed by atoms with Gasteiger partial charge in [-0.3, -0.25) is 0 Å². The number of nitrogens with zero attached hydrogens (tertiary/aromatic N) is 2. The second kappa shape index (κ2) is 7.88. The minimum absolute atomic E-state index is 0.532. The first-order valence-corrected chi connectivity index (χ1v) is 9.73. The Hall–Kier alpha value is -3.46. The molecule has 0 N–H and O–H groups in total. The van der Waals surface area contributed by atoms with E-state index in [-0.39, 0.29) is 0 Å². The lowest BCUT2D eigenvalue weighted by Gasteiger charge is -2.08. The van der Waals surface area contributed by atoms with Crippen LogP contribution in [-0.4, -0.2) is 9.97 Å². The normalized spacial score (nSPS) is 10.8. The monoisotopic (exact) mass is 380 g/mol. The molecule has 0 aliphatic carbocycles. The van der Waals surface area contributed by atoms with Crippen LogP contribution in [0.15, 0.2) is 73.1 Å². The van der Waals surface area contributed by atoms with Crippen LogP contribution in [0.3, 0.4) is 0 Å². The smallest absolute Gasteiger partial charge is 0.221 e. The number of pyridine rings is 2. The van der Waals surface area contributed by atoms with Gasteiger partial charge in [0.05, 0.1) is 0 Å². The van der Waals surface area contributed by atoms with Gasteiger partial charge in [0.25, 0.3) is 0 Å². The SMILES string of the molecule is Cc1cc(C)cc(-c2ccc(Oc3ccc(-c4cc(C)cc(C)c4)cn3)nc2)c1. The standard InChI is InChI=1S/C26H24N2O/c1-17-9-18(2)12-23(11-17)21-5-7-25(27-15-21)29-26-8-6-22(16-28-26)24-13-19(3)10-20(4)14-24/h5-16H,1-4H3. The summed E-state index contributed by atoms with van der Waals surface area (Å²) >= 11 is 0. The number of hydrogen-bond donors (Lipinski definition) is 0. The van der Waals surface area contributed by atoms with E-state index in [4.69, 9.17) is 4.74 Å².